The van der Waals surface area contributed by atoms with Gasteiger partial charge in [-0.1, -0.05) is 0 Å². The topological polar surface area (TPSA) is 71.6 Å². The van der Waals surface area contributed by atoms with E-state index in [9.17, 15) is 9.59 Å². The van der Waals surface area contributed by atoms with Crippen LogP contribution in [-0.2, 0) is 9.53 Å². The minimum absolute atomic E-state index is 0.119. The zero-order valence-electron chi connectivity index (χ0n) is 14.5. The average molecular weight is 344 g/mol. The maximum Gasteiger partial charge on any atom is 0.248 e. The molecular formula is C19H24N2O4. The maximum atomic E-state index is 12.1. The number of amides is 1. The van der Waals surface area contributed by atoms with Gasteiger partial charge < -0.3 is 19.4 Å². The number of likely N-dealkylation sites (N-methyl/N-ethyl adjacent to an activating group) is 1. The van der Waals surface area contributed by atoms with Crippen molar-refractivity contribution in [2.75, 3.05) is 26.8 Å². The van der Waals surface area contributed by atoms with E-state index >= 15 is 0 Å². The second-order valence-electron chi connectivity index (χ2n) is 6.43. The maximum absolute atomic E-state index is 12.1. The summed E-state index contributed by atoms with van der Waals surface area (Å²) in [6.45, 7) is 1.96. The summed E-state index contributed by atoms with van der Waals surface area (Å²) < 4.78 is 11.3. The SMILES string of the molecule is CN(CC1CCCO1)C(=O)CCCOc1ccc2[nH]c(=O)ccc2c1. The highest BCUT2D eigenvalue weighted by Gasteiger charge is 2.19. The van der Waals surface area contributed by atoms with Gasteiger partial charge in [0.1, 0.15) is 5.75 Å². The lowest BCUT2D eigenvalue weighted by Gasteiger charge is -2.20. The molecule has 134 valence electrons. The van der Waals surface area contributed by atoms with Crippen LogP contribution in [0.2, 0.25) is 0 Å². The lowest BCUT2D eigenvalue weighted by molar-refractivity contribution is -0.131. The molecule has 3 rings (SSSR count). The largest absolute Gasteiger partial charge is 0.494 e. The standard InChI is InChI=1S/C19H24N2O4/c1-21(13-16-4-2-10-25-16)19(23)5-3-11-24-15-7-8-17-14(12-15)6-9-18(22)20-17/h6-9,12,16H,2-5,10-11,13H2,1H3,(H,20,22). The second kappa shape index (κ2) is 8.16. The molecule has 25 heavy (non-hydrogen) atoms. The van der Waals surface area contributed by atoms with Crippen LogP contribution in [0.4, 0.5) is 0 Å². The number of aromatic nitrogens is 1. The third-order valence-corrected chi connectivity index (χ3v) is 4.43. The van der Waals surface area contributed by atoms with Gasteiger partial charge in [0, 0.05) is 43.6 Å². The van der Waals surface area contributed by atoms with Crippen LogP contribution in [0.15, 0.2) is 35.1 Å². The van der Waals surface area contributed by atoms with Crippen molar-refractivity contribution in [1.82, 2.24) is 9.88 Å². The smallest absolute Gasteiger partial charge is 0.248 e. The summed E-state index contributed by atoms with van der Waals surface area (Å²) in [5, 5.41) is 0.921. The number of nitrogens with one attached hydrogen (secondary N) is 1. The van der Waals surface area contributed by atoms with Crippen molar-refractivity contribution >= 4 is 16.8 Å². The van der Waals surface area contributed by atoms with E-state index in [-0.39, 0.29) is 17.6 Å². The molecular weight excluding hydrogens is 320 g/mol. The van der Waals surface area contributed by atoms with Gasteiger partial charge in [-0.15, -0.1) is 0 Å². The Bertz CT molecular complexity index is 780. The molecule has 1 amide bonds. The summed E-state index contributed by atoms with van der Waals surface area (Å²) in [4.78, 5) is 27.9. The Morgan fingerprint density at radius 3 is 3.04 bits per heavy atom. The molecule has 1 atom stereocenters. The van der Waals surface area contributed by atoms with Crippen molar-refractivity contribution in [2.45, 2.75) is 31.8 Å². The quantitative estimate of drug-likeness (QED) is 0.783. The number of pyridine rings is 1. The number of ether oxygens (including phenoxy) is 2. The van der Waals surface area contributed by atoms with Crippen molar-refractivity contribution < 1.29 is 14.3 Å². The van der Waals surface area contributed by atoms with E-state index < -0.39 is 0 Å². The molecule has 1 aliphatic heterocycles. The highest BCUT2D eigenvalue weighted by molar-refractivity contribution is 5.79. The second-order valence-corrected chi connectivity index (χ2v) is 6.43. The van der Waals surface area contributed by atoms with E-state index in [1.807, 2.05) is 25.2 Å². The molecule has 0 spiro atoms. The Balaban J connectivity index is 1.42. The number of nitrogens with zero attached hydrogens (tertiary/aromatic N) is 1. The summed E-state index contributed by atoms with van der Waals surface area (Å²) in [7, 11) is 1.83. The molecule has 0 radical (unpaired) electrons. The van der Waals surface area contributed by atoms with Gasteiger partial charge in [0.25, 0.3) is 0 Å². The van der Waals surface area contributed by atoms with E-state index in [1.165, 1.54) is 6.07 Å². The molecule has 1 aromatic heterocycles. The zero-order chi connectivity index (χ0) is 17.6. The predicted octanol–water partition coefficient (Wildman–Crippen LogP) is 2.32. The van der Waals surface area contributed by atoms with Crippen LogP contribution in [0.1, 0.15) is 25.7 Å². The molecule has 1 saturated heterocycles. The number of H-pyrrole nitrogens is 1. The first kappa shape index (κ1) is 17.5. The number of hydrogen-bond donors (Lipinski definition) is 1. The van der Waals surface area contributed by atoms with Crippen molar-refractivity contribution in [3.63, 3.8) is 0 Å². The van der Waals surface area contributed by atoms with Crippen LogP contribution in [0.5, 0.6) is 5.75 Å². The molecule has 1 aromatic carbocycles. The number of rotatable bonds is 7. The van der Waals surface area contributed by atoms with Crippen molar-refractivity contribution in [2.24, 2.45) is 0 Å². The van der Waals surface area contributed by atoms with Gasteiger partial charge in [-0.05, 0) is 43.5 Å². The molecule has 0 saturated carbocycles. The third-order valence-electron chi connectivity index (χ3n) is 4.43. The molecule has 0 aliphatic carbocycles. The average Bonchev–Trinajstić information content (AvgIpc) is 3.11. The Morgan fingerprint density at radius 2 is 2.24 bits per heavy atom. The molecule has 1 aliphatic rings. The lowest BCUT2D eigenvalue weighted by Crippen LogP contribution is -2.34. The number of hydrogen-bond acceptors (Lipinski definition) is 4. The molecule has 2 aromatic rings. The van der Waals surface area contributed by atoms with Gasteiger partial charge in [-0.25, -0.2) is 0 Å². The number of aromatic amines is 1. The number of benzene rings is 1. The van der Waals surface area contributed by atoms with Crippen LogP contribution < -0.4 is 10.3 Å². The van der Waals surface area contributed by atoms with Crippen LogP contribution in [-0.4, -0.2) is 48.7 Å². The van der Waals surface area contributed by atoms with E-state index in [0.717, 1.165) is 36.1 Å². The number of fused-ring (bicyclic) bond motifs is 1. The van der Waals surface area contributed by atoms with Crippen molar-refractivity contribution in [3.05, 3.63) is 40.7 Å². The Hall–Kier alpha value is -2.34. The summed E-state index contributed by atoms with van der Waals surface area (Å²) in [6, 6.07) is 8.80. The molecule has 1 unspecified atom stereocenters. The van der Waals surface area contributed by atoms with Gasteiger partial charge >= 0.3 is 0 Å². The fraction of sp³-hybridized carbons (Fsp3) is 0.474. The highest BCUT2D eigenvalue weighted by Crippen LogP contribution is 2.18. The molecule has 1 N–H and O–H groups in total. The lowest BCUT2D eigenvalue weighted by atomic mass is 10.2. The van der Waals surface area contributed by atoms with Crippen LogP contribution >= 0.6 is 0 Å². The van der Waals surface area contributed by atoms with E-state index in [1.54, 1.807) is 11.0 Å². The monoisotopic (exact) mass is 344 g/mol. The Labute approximate surface area is 146 Å². The van der Waals surface area contributed by atoms with Crippen LogP contribution in [0, 0.1) is 0 Å². The molecule has 6 heteroatoms. The normalized spacial score (nSPS) is 16.9. The minimum Gasteiger partial charge on any atom is -0.494 e. The summed E-state index contributed by atoms with van der Waals surface area (Å²) >= 11 is 0. The van der Waals surface area contributed by atoms with Crippen molar-refractivity contribution in [1.29, 1.82) is 0 Å². The fourth-order valence-electron chi connectivity index (χ4n) is 3.02. The van der Waals surface area contributed by atoms with E-state index in [2.05, 4.69) is 4.98 Å². The molecule has 2 heterocycles. The molecule has 6 nitrogen and oxygen atoms in total. The predicted molar refractivity (Wildman–Crippen MR) is 95.9 cm³/mol. The van der Waals surface area contributed by atoms with Gasteiger partial charge in [0.15, 0.2) is 0 Å². The van der Waals surface area contributed by atoms with Gasteiger partial charge in [-0.2, -0.15) is 0 Å². The minimum atomic E-state index is -0.119. The summed E-state index contributed by atoms with van der Waals surface area (Å²) in [5.41, 5.74) is 0.664. The Kier molecular flexibility index (Phi) is 5.71. The number of carbonyl (C=O) groups is 1. The third kappa shape index (κ3) is 4.82. The van der Waals surface area contributed by atoms with Gasteiger partial charge in [-0.3, -0.25) is 9.59 Å². The number of carbonyl (C=O) groups excluding carboxylic acids is 1. The van der Waals surface area contributed by atoms with Crippen LogP contribution in [0.3, 0.4) is 0 Å². The summed E-state index contributed by atoms with van der Waals surface area (Å²) in [5.74, 6) is 0.856. The molecule has 1 fully saturated rings. The van der Waals surface area contributed by atoms with Crippen LogP contribution in [0.25, 0.3) is 10.9 Å². The summed E-state index contributed by atoms with van der Waals surface area (Å²) in [6.07, 6.45) is 3.44. The Morgan fingerprint density at radius 1 is 1.36 bits per heavy atom. The van der Waals surface area contributed by atoms with Gasteiger partial charge in [0.2, 0.25) is 11.5 Å². The first-order valence-corrected chi connectivity index (χ1v) is 8.73. The van der Waals surface area contributed by atoms with Gasteiger partial charge in [0.05, 0.1) is 12.7 Å². The zero-order valence-corrected chi connectivity index (χ0v) is 14.5. The highest BCUT2D eigenvalue weighted by atomic mass is 16.5. The first-order chi connectivity index (χ1) is 12.1. The first-order valence-electron chi connectivity index (χ1n) is 8.73. The molecule has 0 bridgehead atoms. The van der Waals surface area contributed by atoms with E-state index in [4.69, 9.17) is 9.47 Å². The van der Waals surface area contributed by atoms with E-state index in [0.29, 0.717) is 26.0 Å². The fourth-order valence-corrected chi connectivity index (χ4v) is 3.02. The van der Waals surface area contributed by atoms with Crippen molar-refractivity contribution in [3.8, 4) is 5.75 Å².